The van der Waals surface area contributed by atoms with E-state index in [-0.39, 0.29) is 12.6 Å². The third kappa shape index (κ3) is 8.78. The Bertz CT molecular complexity index is 508. The van der Waals surface area contributed by atoms with E-state index in [0.29, 0.717) is 5.56 Å². The summed E-state index contributed by atoms with van der Waals surface area (Å²) in [4.78, 5) is 14.2. The Morgan fingerprint density at radius 2 is 1.70 bits per heavy atom. The fraction of sp³-hybridized carbons (Fsp3) is 0.526. The molecule has 0 heterocycles. The average molecular weight is 380 g/mol. The molecular formula is C19H26BrNO2. The van der Waals surface area contributed by atoms with Crippen molar-refractivity contribution >= 4 is 21.9 Å². The van der Waals surface area contributed by atoms with Crippen molar-refractivity contribution in [1.29, 1.82) is 0 Å². The number of esters is 1. The summed E-state index contributed by atoms with van der Waals surface area (Å²) in [5.41, 5.74) is 0.544. The molecule has 4 heteroatoms. The molecule has 0 amide bonds. The molecule has 0 saturated heterocycles. The van der Waals surface area contributed by atoms with Crippen molar-refractivity contribution in [2.24, 2.45) is 0 Å². The largest absolute Gasteiger partial charge is 0.449 e. The van der Waals surface area contributed by atoms with Gasteiger partial charge in [-0.1, -0.05) is 54.5 Å². The first-order valence-electron chi connectivity index (χ1n) is 8.28. The van der Waals surface area contributed by atoms with Crippen LogP contribution in [0.5, 0.6) is 0 Å². The van der Waals surface area contributed by atoms with Gasteiger partial charge in [0.2, 0.25) is 0 Å². The van der Waals surface area contributed by atoms with Crippen LogP contribution < -0.4 is 0 Å². The summed E-state index contributed by atoms with van der Waals surface area (Å²) in [6.45, 7) is 7.46. The molecule has 3 nitrogen and oxygen atoms in total. The molecule has 0 aliphatic heterocycles. The van der Waals surface area contributed by atoms with Crippen molar-refractivity contribution in [1.82, 2.24) is 4.90 Å². The van der Waals surface area contributed by atoms with E-state index in [1.54, 1.807) is 12.1 Å². The number of carbonyl (C=O) groups excluding carboxylic acids is 1. The summed E-state index contributed by atoms with van der Waals surface area (Å²) in [5.74, 6) is 5.71. The fourth-order valence-corrected chi connectivity index (χ4v) is 2.29. The minimum Gasteiger partial charge on any atom is -0.449 e. The first-order chi connectivity index (χ1) is 11.2. The van der Waals surface area contributed by atoms with E-state index in [0.717, 1.165) is 24.1 Å². The highest BCUT2D eigenvalue weighted by Crippen LogP contribution is 2.11. The third-order valence-electron chi connectivity index (χ3n) is 3.44. The lowest BCUT2D eigenvalue weighted by atomic mass is 10.2. The van der Waals surface area contributed by atoms with Gasteiger partial charge >= 0.3 is 5.97 Å². The maximum atomic E-state index is 11.8. The van der Waals surface area contributed by atoms with Crippen LogP contribution in [-0.4, -0.2) is 37.1 Å². The number of benzene rings is 1. The van der Waals surface area contributed by atoms with Gasteiger partial charge in [-0.25, -0.2) is 4.79 Å². The van der Waals surface area contributed by atoms with E-state index in [1.165, 1.54) is 25.7 Å². The first-order valence-corrected chi connectivity index (χ1v) is 9.07. The van der Waals surface area contributed by atoms with E-state index in [1.807, 2.05) is 12.1 Å². The van der Waals surface area contributed by atoms with Gasteiger partial charge in [0, 0.05) is 4.47 Å². The zero-order chi connectivity index (χ0) is 16.9. The lowest BCUT2D eigenvalue weighted by Crippen LogP contribution is -2.26. The van der Waals surface area contributed by atoms with Crippen molar-refractivity contribution in [2.45, 2.75) is 39.5 Å². The van der Waals surface area contributed by atoms with E-state index in [2.05, 4.69) is 46.5 Å². The van der Waals surface area contributed by atoms with Gasteiger partial charge in [0.1, 0.15) is 0 Å². The maximum Gasteiger partial charge on any atom is 0.339 e. The molecule has 23 heavy (non-hydrogen) atoms. The molecule has 0 spiro atoms. The van der Waals surface area contributed by atoms with Crippen molar-refractivity contribution in [3.8, 4) is 11.8 Å². The van der Waals surface area contributed by atoms with Crippen LogP contribution in [0.3, 0.4) is 0 Å². The van der Waals surface area contributed by atoms with Crippen LogP contribution in [0.1, 0.15) is 49.9 Å². The second-order valence-corrected chi connectivity index (χ2v) is 6.34. The molecule has 1 rings (SSSR count). The normalized spacial score (nSPS) is 10.3. The van der Waals surface area contributed by atoms with Gasteiger partial charge in [0.05, 0.1) is 12.1 Å². The number of rotatable bonds is 9. The zero-order valence-corrected chi connectivity index (χ0v) is 15.7. The highest BCUT2D eigenvalue weighted by atomic mass is 79.9. The van der Waals surface area contributed by atoms with Crippen molar-refractivity contribution in [3.05, 3.63) is 34.3 Å². The molecule has 0 aliphatic carbocycles. The smallest absolute Gasteiger partial charge is 0.339 e. The summed E-state index contributed by atoms with van der Waals surface area (Å²) < 4.78 is 6.10. The Labute approximate surface area is 148 Å². The standard InChI is InChI=1S/C19H26BrNO2/c1-3-5-13-21(14-6-4-2)15-7-8-16-23-19(22)17-9-11-18(20)12-10-17/h9-12H,3-6,13-16H2,1-2H3. The summed E-state index contributed by atoms with van der Waals surface area (Å²) >= 11 is 3.34. The van der Waals surface area contributed by atoms with E-state index in [4.69, 9.17) is 4.74 Å². The average Bonchev–Trinajstić information content (AvgIpc) is 2.56. The number of halogens is 1. The Morgan fingerprint density at radius 1 is 1.09 bits per heavy atom. The van der Waals surface area contributed by atoms with Gasteiger partial charge in [-0.2, -0.15) is 0 Å². The van der Waals surface area contributed by atoms with Gasteiger partial charge in [-0.05, 0) is 50.2 Å². The van der Waals surface area contributed by atoms with Crippen molar-refractivity contribution < 1.29 is 9.53 Å². The molecule has 0 fully saturated rings. The minimum atomic E-state index is -0.333. The molecular weight excluding hydrogens is 354 g/mol. The molecule has 126 valence electrons. The maximum absolute atomic E-state index is 11.8. The highest BCUT2D eigenvalue weighted by Gasteiger charge is 2.05. The van der Waals surface area contributed by atoms with Crippen molar-refractivity contribution in [2.75, 3.05) is 26.2 Å². The van der Waals surface area contributed by atoms with Crippen LogP contribution in [-0.2, 0) is 4.74 Å². The Hall–Kier alpha value is -1.31. The van der Waals surface area contributed by atoms with Gasteiger partial charge in [-0.3, -0.25) is 4.90 Å². The second-order valence-electron chi connectivity index (χ2n) is 5.42. The molecule has 0 saturated carbocycles. The highest BCUT2D eigenvalue weighted by molar-refractivity contribution is 9.10. The zero-order valence-electron chi connectivity index (χ0n) is 14.1. The number of unbranched alkanes of at least 4 members (excludes halogenated alkanes) is 2. The van der Waals surface area contributed by atoms with E-state index < -0.39 is 0 Å². The molecule has 0 atom stereocenters. The third-order valence-corrected chi connectivity index (χ3v) is 3.97. The summed E-state index contributed by atoms with van der Waals surface area (Å²) in [6.07, 6.45) is 4.79. The van der Waals surface area contributed by atoms with Gasteiger partial charge in [0.25, 0.3) is 0 Å². The van der Waals surface area contributed by atoms with Crippen LogP contribution >= 0.6 is 15.9 Å². The van der Waals surface area contributed by atoms with Crippen molar-refractivity contribution in [3.63, 3.8) is 0 Å². The predicted molar refractivity (Wildman–Crippen MR) is 98.5 cm³/mol. The van der Waals surface area contributed by atoms with E-state index >= 15 is 0 Å². The molecule has 0 N–H and O–H groups in total. The van der Waals surface area contributed by atoms with Gasteiger partial charge in [0.15, 0.2) is 6.61 Å². The topological polar surface area (TPSA) is 29.5 Å². The van der Waals surface area contributed by atoms with Gasteiger partial charge in [-0.15, -0.1) is 0 Å². The lowest BCUT2D eigenvalue weighted by molar-refractivity contribution is 0.0556. The van der Waals surface area contributed by atoms with Crippen LogP contribution in [0.25, 0.3) is 0 Å². The minimum absolute atomic E-state index is 0.143. The van der Waals surface area contributed by atoms with Crippen LogP contribution in [0.15, 0.2) is 28.7 Å². The molecule has 0 aromatic heterocycles. The number of ether oxygens (including phenoxy) is 1. The Kier molecular flexibility index (Phi) is 10.4. The number of carbonyl (C=O) groups is 1. The van der Waals surface area contributed by atoms with Crippen LogP contribution in [0, 0.1) is 11.8 Å². The summed E-state index contributed by atoms with van der Waals surface area (Å²) in [7, 11) is 0. The molecule has 0 aliphatic rings. The molecule has 1 aromatic rings. The summed E-state index contributed by atoms with van der Waals surface area (Å²) in [5, 5.41) is 0. The number of hydrogen-bond donors (Lipinski definition) is 0. The molecule has 0 bridgehead atoms. The monoisotopic (exact) mass is 379 g/mol. The lowest BCUT2D eigenvalue weighted by Gasteiger charge is -2.18. The quantitative estimate of drug-likeness (QED) is 0.466. The SMILES string of the molecule is CCCCN(CC#CCOC(=O)c1ccc(Br)cc1)CCCC. The molecule has 0 radical (unpaired) electrons. The predicted octanol–water partition coefficient (Wildman–Crippen LogP) is 4.51. The number of nitrogens with zero attached hydrogens (tertiary/aromatic N) is 1. The Morgan fingerprint density at radius 3 is 2.26 bits per heavy atom. The van der Waals surface area contributed by atoms with Crippen LogP contribution in [0.2, 0.25) is 0 Å². The number of hydrogen-bond acceptors (Lipinski definition) is 3. The van der Waals surface area contributed by atoms with E-state index in [9.17, 15) is 4.79 Å². The van der Waals surface area contributed by atoms with Gasteiger partial charge < -0.3 is 4.74 Å². The van der Waals surface area contributed by atoms with Crippen LogP contribution in [0.4, 0.5) is 0 Å². The fourth-order valence-electron chi connectivity index (χ4n) is 2.02. The molecule has 0 unspecified atom stereocenters. The second kappa shape index (κ2) is 12.2. The first kappa shape index (κ1) is 19.7. The Balaban J connectivity index is 2.34. The summed E-state index contributed by atoms with van der Waals surface area (Å²) in [6, 6.07) is 7.11. The molecule has 1 aromatic carbocycles.